The minimum atomic E-state index is -0.247. The van der Waals surface area contributed by atoms with E-state index in [0.717, 1.165) is 62.9 Å². The predicted molar refractivity (Wildman–Crippen MR) is 132 cm³/mol. The molecule has 35 heavy (non-hydrogen) atoms. The van der Waals surface area contributed by atoms with E-state index >= 15 is 0 Å². The van der Waals surface area contributed by atoms with E-state index < -0.39 is 0 Å². The third-order valence-corrected chi connectivity index (χ3v) is 8.56. The molecule has 1 aromatic rings. The van der Waals surface area contributed by atoms with Crippen LogP contribution in [0.2, 0.25) is 0 Å². The Balaban J connectivity index is 1.25. The Morgan fingerprint density at radius 1 is 1.17 bits per heavy atom. The fourth-order valence-corrected chi connectivity index (χ4v) is 6.81. The summed E-state index contributed by atoms with van der Waals surface area (Å²) in [5.74, 6) is 2.26. The number of benzene rings is 1. The summed E-state index contributed by atoms with van der Waals surface area (Å²) in [4.78, 5) is 33.4. The molecule has 2 atom stereocenters. The highest BCUT2D eigenvalue weighted by Gasteiger charge is 2.50. The van der Waals surface area contributed by atoms with Gasteiger partial charge in [0.05, 0.1) is 0 Å². The monoisotopic (exact) mass is 482 g/mol. The number of rotatable bonds is 3. The first-order valence-electron chi connectivity index (χ1n) is 12.7. The molecule has 0 N–H and O–H groups in total. The molecule has 3 amide bonds. The highest BCUT2D eigenvalue weighted by atomic mass is 19.1. The molecule has 8 heteroatoms. The molecule has 7 nitrogen and oxygen atoms in total. The molecule has 4 heterocycles. The molecule has 2 bridgehead atoms. The van der Waals surface area contributed by atoms with Gasteiger partial charge < -0.3 is 19.4 Å². The minimum absolute atomic E-state index is 0.0600. The third kappa shape index (κ3) is 4.24. The van der Waals surface area contributed by atoms with Gasteiger partial charge >= 0.3 is 12.1 Å². The van der Waals surface area contributed by atoms with Crippen LogP contribution < -0.4 is 4.90 Å². The molecular formula is C27H35FN4O3. The zero-order valence-electron chi connectivity index (χ0n) is 20.7. The number of nitrogens with zero attached hydrogens (tertiary/aromatic N) is 4. The molecule has 0 aliphatic carbocycles. The topological polar surface area (TPSA) is 56.3 Å². The lowest BCUT2D eigenvalue weighted by molar-refractivity contribution is 0.0274. The van der Waals surface area contributed by atoms with Crippen molar-refractivity contribution in [2.24, 2.45) is 0 Å². The maximum atomic E-state index is 14.3. The first-order chi connectivity index (χ1) is 16.8. The van der Waals surface area contributed by atoms with Crippen LogP contribution in [-0.2, 0) is 10.2 Å². The van der Waals surface area contributed by atoms with Gasteiger partial charge in [-0.15, -0.1) is 12.3 Å². The zero-order valence-corrected chi connectivity index (χ0v) is 20.7. The van der Waals surface area contributed by atoms with Crippen molar-refractivity contribution in [3.05, 3.63) is 29.6 Å². The number of anilines is 1. The Hall–Kier alpha value is -2.79. The van der Waals surface area contributed by atoms with Crippen molar-refractivity contribution in [1.29, 1.82) is 0 Å². The number of halogens is 1. The molecule has 3 saturated heterocycles. The fourth-order valence-electron chi connectivity index (χ4n) is 6.81. The molecule has 3 fully saturated rings. The Bertz CT molecular complexity index is 1020. The molecule has 0 radical (unpaired) electrons. The van der Waals surface area contributed by atoms with Crippen LogP contribution >= 0.6 is 0 Å². The van der Waals surface area contributed by atoms with Crippen LogP contribution in [0.15, 0.2) is 18.2 Å². The van der Waals surface area contributed by atoms with E-state index in [2.05, 4.69) is 10.8 Å². The highest BCUT2D eigenvalue weighted by molar-refractivity contribution is 5.95. The first-order valence-corrected chi connectivity index (χ1v) is 12.7. The van der Waals surface area contributed by atoms with Crippen LogP contribution in [0.3, 0.4) is 0 Å². The molecular weight excluding hydrogens is 447 g/mol. The highest BCUT2D eigenvalue weighted by Crippen LogP contribution is 2.48. The van der Waals surface area contributed by atoms with Gasteiger partial charge in [0.25, 0.3) is 0 Å². The van der Waals surface area contributed by atoms with Gasteiger partial charge in [-0.3, -0.25) is 4.90 Å². The number of carbonyl (C=O) groups is 2. The number of carbonyl (C=O) groups excluding carboxylic acids is 2. The van der Waals surface area contributed by atoms with Gasteiger partial charge in [-0.1, -0.05) is 0 Å². The van der Waals surface area contributed by atoms with Gasteiger partial charge in [-0.25, -0.2) is 14.0 Å². The molecule has 5 rings (SSSR count). The number of hydrogen-bond donors (Lipinski definition) is 0. The fraction of sp³-hybridized carbons (Fsp3) is 0.630. The summed E-state index contributed by atoms with van der Waals surface area (Å²) in [6.45, 7) is 2.70. The number of hydrogen-bond acceptors (Lipinski definition) is 4. The lowest BCUT2D eigenvalue weighted by Crippen LogP contribution is -2.55. The number of urea groups is 1. The number of piperidine rings is 2. The maximum Gasteiger partial charge on any atom is 0.410 e. The van der Waals surface area contributed by atoms with Crippen LogP contribution in [0, 0.1) is 18.2 Å². The first kappa shape index (κ1) is 23.9. The quantitative estimate of drug-likeness (QED) is 0.486. The molecule has 1 aromatic carbocycles. The Labute approximate surface area is 207 Å². The number of likely N-dealkylation sites (tertiary alicyclic amines) is 1. The Morgan fingerprint density at radius 3 is 2.49 bits per heavy atom. The van der Waals surface area contributed by atoms with Crippen molar-refractivity contribution >= 4 is 17.8 Å². The number of ether oxygens (including phenoxy) is 1. The third-order valence-electron chi connectivity index (χ3n) is 8.56. The second-order valence-electron chi connectivity index (χ2n) is 10.7. The van der Waals surface area contributed by atoms with E-state index in [0.29, 0.717) is 19.0 Å². The van der Waals surface area contributed by atoms with E-state index in [1.54, 1.807) is 31.1 Å². The summed E-state index contributed by atoms with van der Waals surface area (Å²) in [6.07, 6.45) is 11.3. The smallest absolute Gasteiger partial charge is 0.410 e. The van der Waals surface area contributed by atoms with Gasteiger partial charge in [0.1, 0.15) is 12.4 Å². The summed E-state index contributed by atoms with van der Waals surface area (Å²) in [5, 5.41) is 0. The van der Waals surface area contributed by atoms with Crippen LogP contribution in [0.5, 0.6) is 0 Å². The van der Waals surface area contributed by atoms with Gasteiger partial charge in [0.15, 0.2) is 0 Å². The molecule has 1 spiro atoms. The van der Waals surface area contributed by atoms with Crippen molar-refractivity contribution in [3.8, 4) is 12.3 Å². The van der Waals surface area contributed by atoms with Crippen molar-refractivity contribution in [2.75, 3.05) is 45.2 Å². The van der Waals surface area contributed by atoms with Gasteiger partial charge in [0.2, 0.25) is 0 Å². The van der Waals surface area contributed by atoms with Crippen LogP contribution in [-0.4, -0.2) is 85.3 Å². The van der Waals surface area contributed by atoms with Gasteiger partial charge in [0, 0.05) is 56.3 Å². The van der Waals surface area contributed by atoms with Crippen LogP contribution in [0.4, 0.5) is 19.7 Å². The largest absolute Gasteiger partial charge is 0.448 e. The zero-order chi connectivity index (χ0) is 24.7. The molecule has 2 unspecified atom stereocenters. The van der Waals surface area contributed by atoms with Gasteiger partial charge in [-0.05, 0) is 75.4 Å². The summed E-state index contributed by atoms with van der Waals surface area (Å²) in [5.41, 5.74) is 1.60. The number of terminal acetylenes is 1. The standard InChI is InChI=1S/C27H35FN4O3/c1-4-5-14-35-26(34)32-20-7-8-21(32)17-22(16-20)30-12-10-27(11-13-30)18-31(25(33)29(2)3)24-9-6-19(28)15-23(24)27/h1,6,9,15,20-22H,5,7-8,10-14,16-18H2,2-3H3. The second kappa shape index (κ2) is 9.34. The van der Waals surface area contributed by atoms with E-state index in [1.165, 1.54) is 6.07 Å². The second-order valence-corrected chi connectivity index (χ2v) is 10.7. The summed E-state index contributed by atoms with van der Waals surface area (Å²) >= 11 is 0. The molecule has 0 saturated carbocycles. The van der Waals surface area contributed by atoms with Crippen LogP contribution in [0.25, 0.3) is 0 Å². The SMILES string of the molecule is C#CCCOC(=O)N1C2CCC1CC(N1CCC3(CC1)CN(C(=O)N(C)C)c1ccc(F)cc13)C2. The Morgan fingerprint density at radius 2 is 1.86 bits per heavy atom. The summed E-state index contributed by atoms with van der Waals surface area (Å²) in [7, 11) is 3.51. The van der Waals surface area contributed by atoms with E-state index in [9.17, 15) is 14.0 Å². The lowest BCUT2D eigenvalue weighted by atomic mass is 9.73. The van der Waals surface area contributed by atoms with Crippen molar-refractivity contribution < 1.29 is 18.7 Å². The van der Waals surface area contributed by atoms with E-state index in [-0.39, 0.29) is 42.0 Å². The normalized spacial score (nSPS) is 27.0. The number of fused-ring (bicyclic) bond motifs is 4. The van der Waals surface area contributed by atoms with Gasteiger partial charge in [-0.2, -0.15) is 0 Å². The molecule has 4 aliphatic rings. The minimum Gasteiger partial charge on any atom is -0.448 e. The predicted octanol–water partition coefficient (Wildman–Crippen LogP) is 3.82. The van der Waals surface area contributed by atoms with Crippen molar-refractivity contribution in [2.45, 2.75) is 68.5 Å². The number of amides is 3. The van der Waals surface area contributed by atoms with E-state index in [1.807, 2.05) is 9.80 Å². The molecule has 0 aromatic heterocycles. The molecule has 188 valence electrons. The summed E-state index contributed by atoms with van der Waals surface area (Å²) in [6, 6.07) is 5.67. The average Bonchev–Trinajstić information content (AvgIpc) is 3.29. The van der Waals surface area contributed by atoms with Crippen molar-refractivity contribution in [1.82, 2.24) is 14.7 Å². The maximum absolute atomic E-state index is 14.3. The van der Waals surface area contributed by atoms with E-state index in [4.69, 9.17) is 11.2 Å². The lowest BCUT2D eigenvalue weighted by Gasteiger charge is -2.47. The summed E-state index contributed by atoms with van der Waals surface area (Å²) < 4.78 is 19.7. The average molecular weight is 483 g/mol. The van der Waals surface area contributed by atoms with Crippen molar-refractivity contribution in [3.63, 3.8) is 0 Å². The Kier molecular flexibility index (Phi) is 6.39. The molecule has 4 aliphatic heterocycles. The van der Waals surface area contributed by atoms with Crippen LogP contribution in [0.1, 0.15) is 50.5 Å².